The minimum atomic E-state index is -0.232. The maximum Gasteiger partial charge on any atom is 0.348 e. The minimum Gasteiger partial charge on any atom is -0.460 e. The zero-order chi connectivity index (χ0) is 13.9. The number of hydrogen-bond donors (Lipinski definition) is 1. The molecule has 1 aromatic heterocycles. The molecule has 2 aromatic rings. The largest absolute Gasteiger partial charge is 0.460 e. The van der Waals surface area contributed by atoms with E-state index in [4.69, 9.17) is 10.5 Å². The topological polar surface area (TPSA) is 55.6 Å². The Hall–Kier alpha value is -1.59. The molecule has 0 radical (unpaired) electrons. The van der Waals surface area contributed by atoms with E-state index in [0.717, 1.165) is 29.7 Å². The van der Waals surface area contributed by atoms with Crippen molar-refractivity contribution >= 4 is 33.1 Å². The van der Waals surface area contributed by atoms with E-state index in [2.05, 4.69) is 4.90 Å². The fraction of sp³-hybridized carbons (Fsp3) is 0.400. The van der Waals surface area contributed by atoms with Crippen LogP contribution in [-0.4, -0.2) is 37.1 Å². The first-order valence-corrected chi connectivity index (χ1v) is 7.72. The van der Waals surface area contributed by atoms with Crippen molar-refractivity contribution in [3.8, 4) is 0 Å². The minimum absolute atomic E-state index is 0.232. The molecule has 0 amide bonds. The van der Waals surface area contributed by atoms with Crippen molar-refractivity contribution in [2.75, 3.05) is 32.0 Å². The van der Waals surface area contributed by atoms with Crippen LogP contribution in [0.3, 0.4) is 0 Å². The van der Waals surface area contributed by atoms with Gasteiger partial charge in [-0.25, -0.2) is 4.79 Å². The summed E-state index contributed by atoms with van der Waals surface area (Å²) in [4.78, 5) is 15.0. The second kappa shape index (κ2) is 5.81. The molecule has 0 spiro atoms. The zero-order valence-corrected chi connectivity index (χ0v) is 12.1. The van der Waals surface area contributed by atoms with Crippen molar-refractivity contribution < 1.29 is 9.53 Å². The first-order chi connectivity index (χ1) is 9.72. The molecule has 0 saturated carbocycles. The summed E-state index contributed by atoms with van der Waals surface area (Å²) in [5.41, 5.74) is 6.45. The standard InChI is InChI=1S/C15H18N2O2S/c16-12-3-4-13-11(9-12)10-14(20-13)15(18)19-8-7-17-5-1-2-6-17/h3-4,9-10H,1-2,5-8,16H2. The Morgan fingerprint density at radius 1 is 1.30 bits per heavy atom. The van der Waals surface area contributed by atoms with Crippen molar-refractivity contribution in [2.24, 2.45) is 0 Å². The molecule has 0 aliphatic carbocycles. The number of likely N-dealkylation sites (tertiary alicyclic amines) is 1. The SMILES string of the molecule is Nc1ccc2sc(C(=O)OCCN3CCCC3)cc2c1. The van der Waals surface area contributed by atoms with E-state index in [1.54, 1.807) is 0 Å². The summed E-state index contributed by atoms with van der Waals surface area (Å²) in [6, 6.07) is 7.53. The van der Waals surface area contributed by atoms with Crippen molar-refractivity contribution in [1.29, 1.82) is 0 Å². The number of esters is 1. The van der Waals surface area contributed by atoms with Crippen LogP contribution in [-0.2, 0) is 4.74 Å². The van der Waals surface area contributed by atoms with Crippen LogP contribution in [0.1, 0.15) is 22.5 Å². The molecule has 2 heterocycles. The van der Waals surface area contributed by atoms with E-state index in [1.807, 2.05) is 24.3 Å². The van der Waals surface area contributed by atoms with Gasteiger partial charge in [-0.1, -0.05) is 0 Å². The molecule has 0 unspecified atom stereocenters. The lowest BCUT2D eigenvalue weighted by Crippen LogP contribution is -2.25. The van der Waals surface area contributed by atoms with Crippen LogP contribution in [0.25, 0.3) is 10.1 Å². The van der Waals surface area contributed by atoms with Gasteiger partial charge in [0.1, 0.15) is 11.5 Å². The number of carbonyl (C=O) groups is 1. The van der Waals surface area contributed by atoms with Crippen LogP contribution in [0, 0.1) is 0 Å². The van der Waals surface area contributed by atoms with E-state index in [1.165, 1.54) is 24.2 Å². The number of nitrogens with zero attached hydrogens (tertiary/aromatic N) is 1. The molecule has 3 rings (SSSR count). The molecule has 1 fully saturated rings. The molecule has 1 aliphatic heterocycles. The molecule has 20 heavy (non-hydrogen) atoms. The van der Waals surface area contributed by atoms with Crippen molar-refractivity contribution in [1.82, 2.24) is 4.90 Å². The number of hydrogen-bond acceptors (Lipinski definition) is 5. The quantitative estimate of drug-likeness (QED) is 0.695. The average Bonchev–Trinajstić information content (AvgIpc) is 3.06. The predicted molar refractivity (Wildman–Crippen MR) is 82.2 cm³/mol. The Morgan fingerprint density at radius 3 is 2.90 bits per heavy atom. The van der Waals surface area contributed by atoms with Gasteiger partial charge in [0.05, 0.1) is 0 Å². The van der Waals surface area contributed by atoms with Crippen LogP contribution < -0.4 is 5.73 Å². The van der Waals surface area contributed by atoms with Crippen molar-refractivity contribution in [3.05, 3.63) is 29.1 Å². The maximum atomic E-state index is 12.0. The average molecular weight is 290 g/mol. The number of nitrogens with two attached hydrogens (primary N) is 1. The van der Waals surface area contributed by atoms with Crippen molar-refractivity contribution in [3.63, 3.8) is 0 Å². The Balaban J connectivity index is 1.60. The molecule has 0 bridgehead atoms. The number of ether oxygens (including phenoxy) is 1. The first kappa shape index (κ1) is 13.4. The summed E-state index contributed by atoms with van der Waals surface area (Å²) in [6.45, 7) is 3.55. The van der Waals surface area contributed by atoms with Crippen LogP contribution in [0.15, 0.2) is 24.3 Å². The summed E-state index contributed by atoms with van der Waals surface area (Å²) in [5.74, 6) is -0.232. The van der Waals surface area contributed by atoms with Gasteiger partial charge in [0.2, 0.25) is 0 Å². The van der Waals surface area contributed by atoms with Gasteiger partial charge in [-0.15, -0.1) is 11.3 Å². The second-order valence-corrected chi connectivity index (χ2v) is 6.18. The molecule has 4 nitrogen and oxygen atoms in total. The Morgan fingerprint density at radius 2 is 2.10 bits per heavy atom. The molecule has 2 N–H and O–H groups in total. The van der Waals surface area contributed by atoms with Crippen LogP contribution in [0.4, 0.5) is 5.69 Å². The number of rotatable bonds is 4. The molecule has 0 atom stereocenters. The third kappa shape index (κ3) is 2.94. The summed E-state index contributed by atoms with van der Waals surface area (Å²) in [5, 5.41) is 1.00. The lowest BCUT2D eigenvalue weighted by molar-refractivity contribution is 0.0478. The highest BCUT2D eigenvalue weighted by atomic mass is 32.1. The van der Waals surface area contributed by atoms with Gasteiger partial charge in [-0.05, 0) is 55.6 Å². The van der Waals surface area contributed by atoms with Gasteiger partial charge >= 0.3 is 5.97 Å². The van der Waals surface area contributed by atoms with E-state index in [0.29, 0.717) is 17.2 Å². The van der Waals surface area contributed by atoms with E-state index in [9.17, 15) is 4.79 Å². The second-order valence-electron chi connectivity index (χ2n) is 5.09. The van der Waals surface area contributed by atoms with Gasteiger partial charge in [-0.2, -0.15) is 0 Å². The Bertz CT molecular complexity index is 617. The van der Waals surface area contributed by atoms with Gasteiger partial charge in [0.15, 0.2) is 0 Å². The van der Waals surface area contributed by atoms with Gasteiger partial charge in [-0.3, -0.25) is 4.90 Å². The monoisotopic (exact) mass is 290 g/mol. The summed E-state index contributed by atoms with van der Waals surface area (Å²) in [6.07, 6.45) is 2.51. The fourth-order valence-electron chi connectivity index (χ4n) is 2.51. The van der Waals surface area contributed by atoms with Gasteiger partial charge < -0.3 is 10.5 Å². The highest BCUT2D eigenvalue weighted by molar-refractivity contribution is 7.20. The van der Waals surface area contributed by atoms with Gasteiger partial charge in [0.25, 0.3) is 0 Å². The number of fused-ring (bicyclic) bond motifs is 1. The van der Waals surface area contributed by atoms with E-state index in [-0.39, 0.29) is 5.97 Å². The van der Waals surface area contributed by atoms with Crippen LogP contribution >= 0.6 is 11.3 Å². The highest BCUT2D eigenvalue weighted by Crippen LogP contribution is 2.27. The number of carbonyl (C=O) groups excluding carboxylic acids is 1. The number of nitrogen functional groups attached to an aromatic ring is 1. The fourth-order valence-corrected chi connectivity index (χ4v) is 3.44. The number of anilines is 1. The summed E-state index contributed by atoms with van der Waals surface area (Å²) < 4.78 is 6.41. The summed E-state index contributed by atoms with van der Waals surface area (Å²) >= 11 is 1.45. The zero-order valence-electron chi connectivity index (χ0n) is 11.3. The molecular formula is C15H18N2O2S. The van der Waals surface area contributed by atoms with E-state index < -0.39 is 0 Å². The van der Waals surface area contributed by atoms with Gasteiger partial charge in [0, 0.05) is 16.9 Å². The Labute approximate surface area is 122 Å². The maximum absolute atomic E-state index is 12.0. The van der Waals surface area contributed by atoms with Crippen LogP contribution in [0.5, 0.6) is 0 Å². The third-order valence-corrected chi connectivity index (χ3v) is 4.68. The summed E-state index contributed by atoms with van der Waals surface area (Å²) in [7, 11) is 0. The van der Waals surface area contributed by atoms with Crippen LogP contribution in [0.2, 0.25) is 0 Å². The third-order valence-electron chi connectivity index (χ3n) is 3.58. The highest BCUT2D eigenvalue weighted by Gasteiger charge is 2.14. The molecular weight excluding hydrogens is 272 g/mol. The molecule has 1 saturated heterocycles. The number of benzene rings is 1. The smallest absolute Gasteiger partial charge is 0.348 e. The van der Waals surface area contributed by atoms with E-state index >= 15 is 0 Å². The Kier molecular flexibility index (Phi) is 3.89. The molecule has 106 valence electrons. The molecule has 1 aromatic carbocycles. The lowest BCUT2D eigenvalue weighted by atomic mass is 10.2. The molecule has 5 heteroatoms. The lowest BCUT2D eigenvalue weighted by Gasteiger charge is -2.13. The van der Waals surface area contributed by atoms with Crippen molar-refractivity contribution in [2.45, 2.75) is 12.8 Å². The molecule has 1 aliphatic rings. The predicted octanol–water partition coefficient (Wildman–Crippen LogP) is 2.74. The first-order valence-electron chi connectivity index (χ1n) is 6.91. The normalized spacial score (nSPS) is 15.8. The number of thiophene rings is 1.